The third-order valence-electron chi connectivity index (χ3n) is 5.54. The van der Waals surface area contributed by atoms with Crippen LogP contribution in [-0.4, -0.2) is 43.6 Å². The van der Waals surface area contributed by atoms with E-state index in [0.29, 0.717) is 11.7 Å². The predicted octanol–water partition coefficient (Wildman–Crippen LogP) is 3.93. The van der Waals surface area contributed by atoms with Gasteiger partial charge in [-0.2, -0.15) is 5.10 Å². The van der Waals surface area contributed by atoms with Gasteiger partial charge in [0.25, 0.3) is 0 Å². The lowest BCUT2D eigenvalue weighted by molar-refractivity contribution is 0.195. The lowest BCUT2D eigenvalue weighted by Crippen LogP contribution is -2.40. The van der Waals surface area contributed by atoms with Crippen molar-refractivity contribution in [2.24, 2.45) is 0 Å². The fraction of sp³-hybridized carbons (Fsp3) is 0.286. The molecule has 1 aliphatic rings. The van der Waals surface area contributed by atoms with Crippen molar-refractivity contribution in [1.29, 1.82) is 0 Å². The number of hydrogen-bond donors (Lipinski definition) is 2. The van der Waals surface area contributed by atoms with Gasteiger partial charge in [-0.3, -0.25) is 0 Å². The van der Waals surface area contributed by atoms with Gasteiger partial charge in [0.1, 0.15) is 5.82 Å². The highest BCUT2D eigenvalue weighted by atomic mass is 16.2. The second-order valence-corrected chi connectivity index (χ2v) is 7.36. The van der Waals surface area contributed by atoms with Crippen molar-refractivity contribution in [1.82, 2.24) is 24.5 Å². The summed E-state index contributed by atoms with van der Waals surface area (Å²) in [6.45, 7) is 3.35. The zero-order valence-corrected chi connectivity index (χ0v) is 15.7. The molecule has 7 heteroatoms. The van der Waals surface area contributed by atoms with Gasteiger partial charge in [0.05, 0.1) is 11.9 Å². The van der Waals surface area contributed by atoms with E-state index in [0.717, 1.165) is 37.3 Å². The van der Waals surface area contributed by atoms with Crippen LogP contribution in [0.25, 0.3) is 16.6 Å². The number of fused-ring (bicyclic) bond motifs is 2. The van der Waals surface area contributed by atoms with Gasteiger partial charge in [0.15, 0.2) is 5.65 Å². The summed E-state index contributed by atoms with van der Waals surface area (Å²) in [6, 6.07) is 12.2. The second kappa shape index (κ2) is 6.67. The number of piperidine rings is 1. The smallest absolute Gasteiger partial charge is 0.321 e. The van der Waals surface area contributed by atoms with Gasteiger partial charge < -0.3 is 15.2 Å². The molecule has 0 unspecified atom stereocenters. The number of urea groups is 1. The lowest BCUT2D eigenvalue weighted by Gasteiger charge is -2.32. The molecule has 4 heterocycles. The Bertz CT molecular complexity index is 1150. The standard InChI is InChI=1S/C21H22N6O/c1-14-23-20-6-5-16(13-27(20)25-14)24-21(28)26-11-8-15(9-12-26)17-3-2-4-19-18(17)7-10-22-19/h2-7,10,13,15,22H,8-9,11-12H2,1H3,(H,24,28). The second-order valence-electron chi connectivity index (χ2n) is 7.36. The topological polar surface area (TPSA) is 78.3 Å². The predicted molar refractivity (Wildman–Crippen MR) is 109 cm³/mol. The van der Waals surface area contributed by atoms with Crippen LogP contribution in [-0.2, 0) is 0 Å². The number of likely N-dealkylation sites (tertiary alicyclic amines) is 1. The Balaban J connectivity index is 1.25. The summed E-state index contributed by atoms with van der Waals surface area (Å²) >= 11 is 0. The zero-order valence-electron chi connectivity index (χ0n) is 15.7. The van der Waals surface area contributed by atoms with E-state index in [9.17, 15) is 4.79 Å². The summed E-state index contributed by atoms with van der Waals surface area (Å²) in [4.78, 5) is 22.2. The minimum absolute atomic E-state index is 0.0607. The Morgan fingerprint density at radius 2 is 2.04 bits per heavy atom. The number of rotatable bonds is 2. The zero-order chi connectivity index (χ0) is 19.1. The van der Waals surface area contributed by atoms with Gasteiger partial charge >= 0.3 is 6.03 Å². The summed E-state index contributed by atoms with van der Waals surface area (Å²) < 4.78 is 1.69. The van der Waals surface area contributed by atoms with Crippen molar-refractivity contribution in [3.05, 3.63) is 60.2 Å². The molecular formula is C21H22N6O. The number of aromatic nitrogens is 4. The van der Waals surface area contributed by atoms with E-state index >= 15 is 0 Å². The molecule has 7 nitrogen and oxygen atoms in total. The van der Waals surface area contributed by atoms with E-state index in [1.165, 1.54) is 16.5 Å². The number of aromatic amines is 1. The van der Waals surface area contributed by atoms with Crippen molar-refractivity contribution in [3.8, 4) is 0 Å². The number of H-pyrrole nitrogens is 1. The van der Waals surface area contributed by atoms with Crippen LogP contribution < -0.4 is 5.32 Å². The van der Waals surface area contributed by atoms with Crippen LogP contribution >= 0.6 is 0 Å². The molecular weight excluding hydrogens is 352 g/mol. The van der Waals surface area contributed by atoms with Crippen molar-refractivity contribution in [2.45, 2.75) is 25.7 Å². The van der Waals surface area contributed by atoms with Gasteiger partial charge in [-0.05, 0) is 55.5 Å². The number of amides is 2. The van der Waals surface area contributed by atoms with Crippen LogP contribution in [0.5, 0.6) is 0 Å². The van der Waals surface area contributed by atoms with E-state index in [4.69, 9.17) is 0 Å². The Kier molecular flexibility index (Phi) is 4.00. The fourth-order valence-electron chi connectivity index (χ4n) is 4.13. The van der Waals surface area contributed by atoms with Crippen molar-refractivity contribution in [3.63, 3.8) is 0 Å². The van der Waals surface area contributed by atoms with Crippen LogP contribution in [0.1, 0.15) is 30.1 Å². The summed E-state index contributed by atoms with van der Waals surface area (Å²) in [5, 5.41) is 8.58. The number of anilines is 1. The van der Waals surface area contributed by atoms with Crippen molar-refractivity contribution < 1.29 is 4.79 Å². The van der Waals surface area contributed by atoms with Crippen LogP contribution in [0.3, 0.4) is 0 Å². The molecule has 0 saturated carbocycles. The highest BCUT2D eigenvalue weighted by molar-refractivity contribution is 5.89. The highest BCUT2D eigenvalue weighted by Crippen LogP contribution is 2.33. The molecule has 1 aliphatic heterocycles. The van der Waals surface area contributed by atoms with Crippen LogP contribution in [0.4, 0.5) is 10.5 Å². The number of pyridine rings is 1. The first-order valence-corrected chi connectivity index (χ1v) is 9.62. The number of nitrogens with zero attached hydrogens (tertiary/aromatic N) is 4. The molecule has 142 valence electrons. The summed E-state index contributed by atoms with van der Waals surface area (Å²) in [5.41, 5.74) is 4.05. The monoisotopic (exact) mass is 374 g/mol. The summed E-state index contributed by atoms with van der Waals surface area (Å²) in [7, 11) is 0. The summed E-state index contributed by atoms with van der Waals surface area (Å²) in [6.07, 6.45) is 5.73. The molecule has 1 aromatic carbocycles. The van der Waals surface area contributed by atoms with E-state index in [1.807, 2.05) is 30.2 Å². The average molecular weight is 374 g/mol. The van der Waals surface area contributed by atoms with E-state index in [1.54, 1.807) is 10.7 Å². The number of nitrogens with one attached hydrogen (secondary N) is 2. The molecule has 5 rings (SSSR count). The van der Waals surface area contributed by atoms with Gasteiger partial charge in [-0.25, -0.2) is 14.3 Å². The average Bonchev–Trinajstić information content (AvgIpc) is 3.33. The molecule has 0 bridgehead atoms. The molecule has 2 amide bonds. The molecule has 0 aliphatic carbocycles. The van der Waals surface area contributed by atoms with Crippen LogP contribution in [0.15, 0.2) is 48.8 Å². The maximum Gasteiger partial charge on any atom is 0.321 e. The van der Waals surface area contributed by atoms with E-state index < -0.39 is 0 Å². The van der Waals surface area contributed by atoms with Gasteiger partial charge in [0, 0.05) is 30.2 Å². The van der Waals surface area contributed by atoms with E-state index in [2.05, 4.69) is 44.6 Å². The SMILES string of the molecule is Cc1nc2ccc(NC(=O)N3CCC(c4cccc5[nH]ccc45)CC3)cn2n1. The molecule has 4 aromatic rings. The minimum atomic E-state index is -0.0607. The van der Waals surface area contributed by atoms with Gasteiger partial charge in [-0.1, -0.05) is 12.1 Å². The number of hydrogen-bond acceptors (Lipinski definition) is 3. The summed E-state index contributed by atoms with van der Waals surface area (Å²) in [5.74, 6) is 1.20. The molecule has 0 atom stereocenters. The Labute approximate surface area is 162 Å². The largest absolute Gasteiger partial charge is 0.361 e. The van der Waals surface area contributed by atoms with Gasteiger partial charge in [-0.15, -0.1) is 0 Å². The maximum absolute atomic E-state index is 12.7. The number of carbonyl (C=O) groups is 1. The number of carbonyl (C=O) groups excluding carboxylic acids is 1. The number of benzene rings is 1. The fourth-order valence-corrected chi connectivity index (χ4v) is 4.13. The Hall–Kier alpha value is -3.35. The first kappa shape index (κ1) is 16.8. The lowest BCUT2D eigenvalue weighted by atomic mass is 9.87. The molecule has 0 radical (unpaired) electrons. The first-order chi connectivity index (χ1) is 13.7. The van der Waals surface area contributed by atoms with E-state index in [-0.39, 0.29) is 6.03 Å². The van der Waals surface area contributed by atoms with Crippen LogP contribution in [0, 0.1) is 6.92 Å². The Morgan fingerprint density at radius 1 is 1.18 bits per heavy atom. The third kappa shape index (κ3) is 2.98. The third-order valence-corrected chi connectivity index (χ3v) is 5.54. The molecule has 3 aromatic heterocycles. The molecule has 0 spiro atoms. The number of aryl methyl sites for hydroxylation is 1. The first-order valence-electron chi connectivity index (χ1n) is 9.62. The normalized spacial score (nSPS) is 15.4. The van der Waals surface area contributed by atoms with Crippen molar-refractivity contribution in [2.75, 3.05) is 18.4 Å². The van der Waals surface area contributed by atoms with Gasteiger partial charge in [0.2, 0.25) is 0 Å². The van der Waals surface area contributed by atoms with Crippen molar-refractivity contribution >= 4 is 28.3 Å². The Morgan fingerprint density at radius 3 is 2.89 bits per heavy atom. The highest BCUT2D eigenvalue weighted by Gasteiger charge is 2.25. The molecule has 1 fully saturated rings. The molecule has 28 heavy (non-hydrogen) atoms. The molecule has 2 N–H and O–H groups in total. The van der Waals surface area contributed by atoms with Crippen LogP contribution in [0.2, 0.25) is 0 Å². The maximum atomic E-state index is 12.7. The molecule has 1 saturated heterocycles. The minimum Gasteiger partial charge on any atom is -0.361 e. The quantitative estimate of drug-likeness (QED) is 0.558.